The zero-order valence-electron chi connectivity index (χ0n) is 9.01. The fourth-order valence-corrected chi connectivity index (χ4v) is 2.18. The highest BCUT2D eigenvalue weighted by Gasteiger charge is 2.12. The molecule has 17 heavy (non-hydrogen) atoms. The number of ketones is 1. The number of carbonyl (C=O) groups is 1. The maximum Gasteiger partial charge on any atom is 0.188 e. The minimum Gasteiger partial charge on any atom is -0.497 e. The van der Waals surface area contributed by atoms with Crippen LogP contribution in [0.5, 0.6) is 5.75 Å². The van der Waals surface area contributed by atoms with E-state index in [1.54, 1.807) is 7.11 Å². The zero-order chi connectivity index (χ0) is 12.3. The lowest BCUT2D eigenvalue weighted by Gasteiger charge is -2.05. The third-order valence-electron chi connectivity index (χ3n) is 2.25. The fraction of sp³-hybridized carbons (Fsp3) is 0.182. The molecule has 2 rings (SSSR count). The summed E-state index contributed by atoms with van der Waals surface area (Å²) >= 11 is 4.44. The highest BCUT2D eigenvalue weighted by Crippen LogP contribution is 2.23. The van der Waals surface area contributed by atoms with Crippen molar-refractivity contribution in [3.8, 4) is 5.75 Å². The average Bonchev–Trinajstić information content (AvgIpc) is 2.85. The van der Waals surface area contributed by atoms with E-state index in [0.29, 0.717) is 5.69 Å². The highest BCUT2D eigenvalue weighted by atomic mass is 79.9. The molecule has 0 aliphatic rings. The molecule has 0 fully saturated rings. The highest BCUT2D eigenvalue weighted by molar-refractivity contribution is 9.10. The number of nitrogens with zero attached hydrogens (tertiary/aromatic N) is 2. The predicted octanol–water partition coefficient (Wildman–Crippen LogP) is 2.73. The Morgan fingerprint density at radius 2 is 2.35 bits per heavy atom. The van der Waals surface area contributed by atoms with E-state index in [2.05, 4.69) is 24.7 Å². The number of benzene rings is 1. The number of hydrogen-bond acceptors (Lipinski definition) is 5. The van der Waals surface area contributed by atoms with Crippen molar-refractivity contribution < 1.29 is 9.53 Å². The topological polar surface area (TPSA) is 52.1 Å². The maximum atomic E-state index is 11.9. The van der Waals surface area contributed by atoms with E-state index in [1.165, 1.54) is 6.20 Å². The summed E-state index contributed by atoms with van der Waals surface area (Å²) in [5, 5.41) is 0. The molecular formula is C11H9BrN2O2S. The van der Waals surface area contributed by atoms with E-state index >= 15 is 0 Å². The molecule has 2 aromatic rings. The van der Waals surface area contributed by atoms with E-state index in [0.717, 1.165) is 27.5 Å². The number of hydrogen-bond donors (Lipinski definition) is 0. The van der Waals surface area contributed by atoms with Crippen LogP contribution in [-0.4, -0.2) is 21.6 Å². The van der Waals surface area contributed by atoms with E-state index in [4.69, 9.17) is 4.74 Å². The Morgan fingerprint density at radius 3 is 3.00 bits per heavy atom. The van der Waals surface area contributed by atoms with Gasteiger partial charge in [0.15, 0.2) is 5.78 Å². The van der Waals surface area contributed by atoms with Gasteiger partial charge in [-0.15, -0.1) is 0 Å². The molecule has 0 aliphatic carbocycles. The van der Waals surface area contributed by atoms with Crippen LogP contribution in [0.3, 0.4) is 0 Å². The molecule has 0 bridgehead atoms. The summed E-state index contributed by atoms with van der Waals surface area (Å²) < 4.78 is 13.7. The molecular weight excluding hydrogens is 304 g/mol. The van der Waals surface area contributed by atoms with Crippen molar-refractivity contribution in [2.75, 3.05) is 7.11 Å². The fourth-order valence-electron chi connectivity index (χ4n) is 1.36. The van der Waals surface area contributed by atoms with Crippen molar-refractivity contribution in [1.29, 1.82) is 0 Å². The van der Waals surface area contributed by atoms with E-state index in [1.807, 2.05) is 18.2 Å². The first-order chi connectivity index (χ1) is 8.20. The lowest BCUT2D eigenvalue weighted by atomic mass is 10.1. The third-order valence-corrected chi connectivity index (χ3v) is 3.50. The number of rotatable bonds is 4. The third kappa shape index (κ3) is 2.89. The largest absolute Gasteiger partial charge is 0.497 e. The van der Waals surface area contributed by atoms with Gasteiger partial charge in [0, 0.05) is 10.9 Å². The van der Waals surface area contributed by atoms with Crippen LogP contribution in [0.4, 0.5) is 0 Å². The average molecular weight is 313 g/mol. The Morgan fingerprint density at radius 1 is 1.53 bits per heavy atom. The van der Waals surface area contributed by atoms with E-state index in [9.17, 15) is 4.79 Å². The van der Waals surface area contributed by atoms with Crippen molar-refractivity contribution in [3.63, 3.8) is 0 Å². The first-order valence-electron chi connectivity index (χ1n) is 4.84. The molecule has 0 N–H and O–H groups in total. The molecule has 0 radical (unpaired) electrons. The number of methoxy groups -OCH3 is 1. The van der Waals surface area contributed by atoms with Crippen molar-refractivity contribution in [2.24, 2.45) is 0 Å². The van der Waals surface area contributed by atoms with Crippen LogP contribution in [0.25, 0.3) is 0 Å². The second-order valence-corrected chi connectivity index (χ2v) is 4.76. The zero-order valence-corrected chi connectivity index (χ0v) is 11.4. The number of Topliss-reactive ketones (excluding diaryl/α,β-unsaturated/α-hetero) is 1. The van der Waals surface area contributed by atoms with E-state index in [-0.39, 0.29) is 12.2 Å². The van der Waals surface area contributed by atoms with E-state index < -0.39 is 0 Å². The molecule has 6 heteroatoms. The van der Waals surface area contributed by atoms with Gasteiger partial charge < -0.3 is 4.74 Å². The van der Waals surface area contributed by atoms with Gasteiger partial charge in [0.1, 0.15) is 11.4 Å². The van der Waals surface area contributed by atoms with Crippen LogP contribution in [0.1, 0.15) is 16.1 Å². The lowest BCUT2D eigenvalue weighted by Crippen LogP contribution is -2.04. The first-order valence-corrected chi connectivity index (χ1v) is 6.36. The quantitative estimate of drug-likeness (QED) is 0.815. The van der Waals surface area contributed by atoms with Crippen LogP contribution in [-0.2, 0) is 6.42 Å². The molecule has 0 unspecified atom stereocenters. The minimum absolute atomic E-state index is 0.0484. The number of aromatic nitrogens is 2. The molecule has 88 valence electrons. The molecule has 0 amide bonds. The second-order valence-electron chi connectivity index (χ2n) is 3.35. The molecule has 1 aromatic carbocycles. The summed E-state index contributed by atoms with van der Waals surface area (Å²) in [6, 6.07) is 5.53. The van der Waals surface area contributed by atoms with Crippen molar-refractivity contribution in [1.82, 2.24) is 8.75 Å². The monoisotopic (exact) mass is 312 g/mol. The van der Waals surface area contributed by atoms with Gasteiger partial charge in [0.25, 0.3) is 0 Å². The van der Waals surface area contributed by atoms with Crippen LogP contribution in [0.15, 0.2) is 28.9 Å². The molecule has 1 aromatic heterocycles. The van der Waals surface area contributed by atoms with Gasteiger partial charge in [-0.25, -0.2) is 0 Å². The van der Waals surface area contributed by atoms with Crippen molar-refractivity contribution >= 4 is 33.4 Å². The van der Waals surface area contributed by atoms with Gasteiger partial charge in [-0.1, -0.05) is 15.9 Å². The van der Waals surface area contributed by atoms with Crippen molar-refractivity contribution in [3.05, 3.63) is 40.1 Å². The number of carbonyl (C=O) groups excluding carboxylic acids is 1. The Hall–Kier alpha value is -1.27. The summed E-state index contributed by atoms with van der Waals surface area (Å²) in [4.78, 5) is 11.9. The van der Waals surface area contributed by atoms with Gasteiger partial charge in [-0.3, -0.25) is 4.79 Å². The second kappa shape index (κ2) is 5.37. The van der Waals surface area contributed by atoms with Gasteiger partial charge >= 0.3 is 0 Å². The minimum atomic E-state index is -0.0484. The van der Waals surface area contributed by atoms with Gasteiger partial charge in [0.2, 0.25) is 0 Å². The Bertz CT molecular complexity index is 528. The summed E-state index contributed by atoms with van der Waals surface area (Å²) in [5.41, 5.74) is 1.28. The Kier molecular flexibility index (Phi) is 3.86. The molecule has 0 saturated carbocycles. The summed E-state index contributed by atoms with van der Waals surface area (Å²) in [6.07, 6.45) is 1.77. The standard InChI is InChI=1S/C11H9BrN2O2S/c1-16-8-2-3-9(12)7(4-8)5-11(15)10-6-13-17-14-10/h2-4,6H,5H2,1H3. The SMILES string of the molecule is COc1ccc(Br)c(CC(=O)c2cnsn2)c1. The van der Waals surface area contributed by atoms with Crippen molar-refractivity contribution in [2.45, 2.75) is 6.42 Å². The summed E-state index contributed by atoms with van der Waals surface area (Å²) in [7, 11) is 1.60. The molecule has 0 spiro atoms. The van der Waals surface area contributed by atoms with Crippen LogP contribution >= 0.6 is 27.7 Å². The van der Waals surface area contributed by atoms with Crippen LogP contribution < -0.4 is 4.74 Å². The number of halogens is 1. The lowest BCUT2D eigenvalue weighted by molar-refractivity contribution is 0.0989. The molecule has 4 nitrogen and oxygen atoms in total. The number of ether oxygens (including phenoxy) is 1. The predicted molar refractivity (Wildman–Crippen MR) is 68.6 cm³/mol. The van der Waals surface area contributed by atoms with Crippen LogP contribution in [0.2, 0.25) is 0 Å². The Balaban J connectivity index is 2.21. The summed E-state index contributed by atoms with van der Waals surface area (Å²) in [6.45, 7) is 0. The Labute approximate surface area is 111 Å². The normalized spacial score (nSPS) is 10.2. The molecule has 0 atom stereocenters. The smallest absolute Gasteiger partial charge is 0.188 e. The maximum absolute atomic E-state index is 11.9. The molecule has 1 heterocycles. The van der Waals surface area contributed by atoms with Gasteiger partial charge in [0.05, 0.1) is 25.0 Å². The van der Waals surface area contributed by atoms with Gasteiger partial charge in [-0.05, 0) is 23.8 Å². The van der Waals surface area contributed by atoms with Crippen LogP contribution in [0, 0.1) is 0 Å². The van der Waals surface area contributed by atoms with Gasteiger partial charge in [-0.2, -0.15) is 8.75 Å². The first kappa shape index (κ1) is 12.2. The summed E-state index contributed by atoms with van der Waals surface area (Å²) in [5.74, 6) is 0.681. The molecule has 0 saturated heterocycles. The molecule has 0 aliphatic heterocycles.